The van der Waals surface area contributed by atoms with Gasteiger partial charge in [-0.2, -0.15) is 0 Å². The number of hydrogen-bond acceptors (Lipinski definition) is 5. The summed E-state index contributed by atoms with van der Waals surface area (Å²) in [6, 6.07) is 15.1. The summed E-state index contributed by atoms with van der Waals surface area (Å²) in [5.74, 6) is 0. The largest absolute Gasteiger partial charge is 0.326 e. The molecule has 2 aromatic carbocycles. The molecule has 9 heteroatoms. The molecular weight excluding hydrogens is 384 g/mol. The average molecular weight is 405 g/mol. The molecule has 0 atom stereocenters. The normalized spacial score (nSPS) is 11.5. The molecule has 0 spiro atoms. The lowest BCUT2D eigenvalue weighted by atomic mass is 10.2. The highest BCUT2D eigenvalue weighted by atomic mass is 32.2. The van der Waals surface area contributed by atoms with Crippen molar-refractivity contribution in [1.29, 1.82) is 0 Å². The second kappa shape index (κ2) is 8.03. The molecule has 0 radical (unpaired) electrons. The van der Waals surface area contributed by atoms with Crippen molar-refractivity contribution >= 4 is 43.3 Å². The molecule has 2 amide bonds. The maximum absolute atomic E-state index is 12.3. The minimum Gasteiger partial charge on any atom is -0.326 e. The SMILES string of the molecule is CN(CCNS(C)(=O)=O)C(=O)Nc1cccc(-c2nc3ccccc3s2)c1. The molecule has 0 aliphatic heterocycles. The van der Waals surface area contributed by atoms with Crippen molar-refractivity contribution in [3.63, 3.8) is 0 Å². The Bertz CT molecular complexity index is 1030. The summed E-state index contributed by atoms with van der Waals surface area (Å²) in [6.45, 7) is 0.422. The van der Waals surface area contributed by atoms with Crippen LogP contribution in [0.2, 0.25) is 0 Å². The molecule has 3 aromatic rings. The number of carbonyl (C=O) groups is 1. The molecule has 0 bridgehead atoms. The fourth-order valence-corrected chi connectivity index (χ4v) is 3.87. The molecule has 0 unspecified atom stereocenters. The molecular formula is C18H20N4O3S2. The first-order valence-electron chi connectivity index (χ1n) is 8.24. The van der Waals surface area contributed by atoms with Gasteiger partial charge in [0.2, 0.25) is 10.0 Å². The van der Waals surface area contributed by atoms with Crippen LogP contribution in [0, 0.1) is 0 Å². The molecule has 0 aliphatic carbocycles. The monoisotopic (exact) mass is 404 g/mol. The van der Waals surface area contributed by atoms with E-state index in [1.807, 2.05) is 42.5 Å². The smallest absolute Gasteiger partial charge is 0.321 e. The highest BCUT2D eigenvalue weighted by Crippen LogP contribution is 2.31. The van der Waals surface area contributed by atoms with E-state index in [1.54, 1.807) is 24.5 Å². The molecule has 27 heavy (non-hydrogen) atoms. The van der Waals surface area contributed by atoms with Crippen LogP contribution >= 0.6 is 11.3 Å². The number of rotatable bonds is 6. The van der Waals surface area contributed by atoms with Crippen molar-refractivity contribution in [1.82, 2.24) is 14.6 Å². The number of nitrogens with zero attached hydrogens (tertiary/aromatic N) is 2. The van der Waals surface area contributed by atoms with Crippen LogP contribution in [0.15, 0.2) is 48.5 Å². The molecule has 0 aliphatic rings. The van der Waals surface area contributed by atoms with Gasteiger partial charge in [-0.1, -0.05) is 24.3 Å². The fraction of sp³-hybridized carbons (Fsp3) is 0.222. The number of benzene rings is 2. The van der Waals surface area contributed by atoms with Gasteiger partial charge in [0, 0.05) is 31.4 Å². The van der Waals surface area contributed by atoms with Crippen molar-refractivity contribution in [2.75, 3.05) is 31.7 Å². The Kier molecular flexibility index (Phi) is 5.73. The first-order chi connectivity index (χ1) is 12.8. The molecule has 0 saturated heterocycles. The van der Waals surface area contributed by atoms with Crippen LogP contribution in [0.25, 0.3) is 20.8 Å². The van der Waals surface area contributed by atoms with E-state index >= 15 is 0 Å². The Morgan fingerprint density at radius 2 is 1.96 bits per heavy atom. The van der Waals surface area contributed by atoms with Crippen LogP contribution in [0.5, 0.6) is 0 Å². The van der Waals surface area contributed by atoms with Gasteiger partial charge in [-0.15, -0.1) is 11.3 Å². The lowest BCUT2D eigenvalue weighted by Gasteiger charge is -2.18. The summed E-state index contributed by atoms with van der Waals surface area (Å²) < 4.78 is 25.6. The summed E-state index contributed by atoms with van der Waals surface area (Å²) in [7, 11) is -1.66. The molecule has 0 saturated carbocycles. The zero-order valence-corrected chi connectivity index (χ0v) is 16.6. The number of sulfonamides is 1. The van der Waals surface area contributed by atoms with Crippen LogP contribution in [0.1, 0.15) is 0 Å². The third-order valence-corrected chi connectivity index (χ3v) is 5.63. The number of thiazole rings is 1. The first-order valence-corrected chi connectivity index (χ1v) is 11.0. The van der Waals surface area contributed by atoms with Crippen molar-refractivity contribution in [2.24, 2.45) is 0 Å². The summed E-state index contributed by atoms with van der Waals surface area (Å²) in [5, 5.41) is 3.71. The third kappa shape index (κ3) is 5.25. The van der Waals surface area contributed by atoms with E-state index in [-0.39, 0.29) is 19.1 Å². The second-order valence-corrected chi connectivity index (χ2v) is 8.95. The lowest BCUT2D eigenvalue weighted by Crippen LogP contribution is -2.38. The summed E-state index contributed by atoms with van der Waals surface area (Å²) in [6.07, 6.45) is 1.08. The fourth-order valence-electron chi connectivity index (χ4n) is 2.44. The maximum atomic E-state index is 12.3. The number of likely N-dealkylation sites (N-methyl/N-ethyl adjacent to an activating group) is 1. The van der Waals surface area contributed by atoms with Gasteiger partial charge >= 0.3 is 6.03 Å². The standard InChI is InChI=1S/C18H20N4O3S2/c1-22(11-10-19-27(2,24)25)18(23)20-14-7-5-6-13(12-14)17-21-15-8-3-4-9-16(15)26-17/h3-9,12,19H,10-11H2,1-2H3,(H,20,23). The number of carbonyl (C=O) groups excluding carboxylic acids is 1. The number of urea groups is 1. The molecule has 0 fully saturated rings. The molecule has 2 N–H and O–H groups in total. The van der Waals surface area contributed by atoms with E-state index < -0.39 is 10.0 Å². The Balaban J connectivity index is 1.67. The Labute approximate surface area is 162 Å². The summed E-state index contributed by atoms with van der Waals surface area (Å²) in [5.41, 5.74) is 2.53. The van der Waals surface area contributed by atoms with E-state index in [0.29, 0.717) is 5.69 Å². The minimum atomic E-state index is -3.27. The second-order valence-electron chi connectivity index (χ2n) is 6.09. The van der Waals surface area contributed by atoms with Crippen molar-refractivity contribution in [3.05, 3.63) is 48.5 Å². The Morgan fingerprint density at radius 3 is 2.70 bits per heavy atom. The van der Waals surface area contributed by atoms with Gasteiger partial charge in [0.05, 0.1) is 16.5 Å². The van der Waals surface area contributed by atoms with Gasteiger partial charge in [-0.05, 0) is 24.3 Å². The maximum Gasteiger partial charge on any atom is 0.321 e. The number of amides is 2. The van der Waals surface area contributed by atoms with Crippen LogP contribution in [-0.4, -0.2) is 50.7 Å². The molecule has 7 nitrogen and oxygen atoms in total. The number of fused-ring (bicyclic) bond motifs is 1. The van der Waals surface area contributed by atoms with E-state index in [2.05, 4.69) is 15.0 Å². The zero-order chi connectivity index (χ0) is 19.4. The summed E-state index contributed by atoms with van der Waals surface area (Å²) >= 11 is 1.60. The van der Waals surface area contributed by atoms with Gasteiger partial charge in [0.1, 0.15) is 5.01 Å². The number of nitrogens with one attached hydrogen (secondary N) is 2. The highest BCUT2D eigenvalue weighted by Gasteiger charge is 2.11. The van der Waals surface area contributed by atoms with Crippen molar-refractivity contribution < 1.29 is 13.2 Å². The number of anilines is 1. The van der Waals surface area contributed by atoms with Gasteiger partial charge < -0.3 is 10.2 Å². The average Bonchev–Trinajstić information content (AvgIpc) is 3.05. The van der Waals surface area contributed by atoms with Crippen LogP contribution < -0.4 is 10.0 Å². The number of para-hydroxylation sites is 1. The third-order valence-electron chi connectivity index (χ3n) is 3.81. The quantitative estimate of drug-likeness (QED) is 0.661. The minimum absolute atomic E-state index is 0.161. The molecule has 3 rings (SSSR count). The number of hydrogen-bond donors (Lipinski definition) is 2. The van der Waals surface area contributed by atoms with E-state index in [9.17, 15) is 13.2 Å². The Morgan fingerprint density at radius 1 is 1.19 bits per heavy atom. The lowest BCUT2D eigenvalue weighted by molar-refractivity contribution is 0.223. The van der Waals surface area contributed by atoms with Gasteiger partial charge in [-0.25, -0.2) is 22.9 Å². The molecule has 1 aromatic heterocycles. The van der Waals surface area contributed by atoms with Gasteiger partial charge in [0.25, 0.3) is 0 Å². The van der Waals surface area contributed by atoms with Crippen LogP contribution in [0.3, 0.4) is 0 Å². The van der Waals surface area contributed by atoms with E-state index in [0.717, 1.165) is 27.0 Å². The Hall–Kier alpha value is -2.49. The van der Waals surface area contributed by atoms with Gasteiger partial charge in [0.15, 0.2) is 0 Å². The predicted octanol–water partition coefficient (Wildman–Crippen LogP) is 2.98. The topological polar surface area (TPSA) is 91.4 Å². The predicted molar refractivity (Wildman–Crippen MR) is 110 cm³/mol. The van der Waals surface area contributed by atoms with Crippen LogP contribution in [-0.2, 0) is 10.0 Å². The van der Waals surface area contributed by atoms with Crippen molar-refractivity contribution in [2.45, 2.75) is 0 Å². The highest BCUT2D eigenvalue weighted by molar-refractivity contribution is 7.88. The first kappa shape index (κ1) is 19.3. The van der Waals surface area contributed by atoms with Crippen LogP contribution in [0.4, 0.5) is 10.5 Å². The van der Waals surface area contributed by atoms with Crippen molar-refractivity contribution in [3.8, 4) is 10.6 Å². The summed E-state index contributed by atoms with van der Waals surface area (Å²) in [4.78, 5) is 18.3. The van der Waals surface area contributed by atoms with E-state index in [4.69, 9.17) is 0 Å². The zero-order valence-electron chi connectivity index (χ0n) is 15.0. The molecule has 142 valence electrons. The van der Waals surface area contributed by atoms with E-state index in [1.165, 1.54) is 4.90 Å². The molecule has 1 heterocycles. The van der Waals surface area contributed by atoms with Gasteiger partial charge in [-0.3, -0.25) is 0 Å². The number of aromatic nitrogens is 1.